The van der Waals surface area contributed by atoms with Crippen molar-refractivity contribution in [3.8, 4) is 11.3 Å². The topological polar surface area (TPSA) is 90.6 Å². The molecule has 0 aliphatic heterocycles. The Balaban J connectivity index is 1.92. The largest absolute Gasteiger partial charge is 0.366 e. The lowest BCUT2D eigenvalue weighted by Gasteiger charge is -1.95. The van der Waals surface area contributed by atoms with Gasteiger partial charge in [0.15, 0.2) is 5.65 Å². The number of carbonyl (C=O) groups is 1. The van der Waals surface area contributed by atoms with Crippen LogP contribution in [0.1, 0.15) is 10.4 Å². The maximum Gasteiger partial charge on any atom is 0.250 e. The first-order valence-electron chi connectivity index (χ1n) is 6.30. The van der Waals surface area contributed by atoms with E-state index in [0.29, 0.717) is 5.56 Å². The summed E-state index contributed by atoms with van der Waals surface area (Å²) in [6.07, 6.45) is 8.74. The zero-order chi connectivity index (χ0) is 14.4. The van der Waals surface area contributed by atoms with Crippen molar-refractivity contribution in [3.63, 3.8) is 0 Å². The van der Waals surface area contributed by atoms with Crippen molar-refractivity contribution >= 4 is 17.2 Å². The zero-order valence-electron chi connectivity index (χ0n) is 10.8. The van der Waals surface area contributed by atoms with Crippen LogP contribution in [0.5, 0.6) is 0 Å². The summed E-state index contributed by atoms with van der Waals surface area (Å²) >= 11 is 0. The molecule has 4 heterocycles. The van der Waals surface area contributed by atoms with Gasteiger partial charge in [-0.25, -0.2) is 14.5 Å². The van der Waals surface area contributed by atoms with E-state index in [0.717, 1.165) is 22.6 Å². The number of hydrogen-bond donors (Lipinski definition) is 1. The van der Waals surface area contributed by atoms with Crippen LogP contribution < -0.4 is 5.73 Å². The van der Waals surface area contributed by atoms with Gasteiger partial charge in [-0.3, -0.25) is 4.79 Å². The van der Waals surface area contributed by atoms with Crippen LogP contribution in [0.25, 0.3) is 22.6 Å². The predicted molar refractivity (Wildman–Crippen MR) is 75.7 cm³/mol. The van der Waals surface area contributed by atoms with E-state index in [1.54, 1.807) is 39.6 Å². The number of rotatable bonds is 2. The number of aromatic nitrogens is 5. The lowest BCUT2D eigenvalue weighted by Crippen LogP contribution is -2.11. The van der Waals surface area contributed by atoms with E-state index in [1.807, 2.05) is 18.5 Å². The molecule has 1 amide bonds. The minimum absolute atomic E-state index is 0.435. The van der Waals surface area contributed by atoms with Gasteiger partial charge in [-0.05, 0) is 18.2 Å². The number of pyridine rings is 1. The molecule has 0 saturated heterocycles. The fourth-order valence-corrected chi connectivity index (χ4v) is 2.28. The molecule has 0 radical (unpaired) electrons. The smallest absolute Gasteiger partial charge is 0.250 e. The Morgan fingerprint density at radius 3 is 3.00 bits per heavy atom. The summed E-state index contributed by atoms with van der Waals surface area (Å²) in [6, 6.07) is 5.22. The van der Waals surface area contributed by atoms with Crippen molar-refractivity contribution in [1.82, 2.24) is 24.0 Å². The molecule has 102 valence electrons. The third kappa shape index (κ3) is 1.75. The molecule has 7 heteroatoms. The Morgan fingerprint density at radius 2 is 2.14 bits per heavy atom. The number of amides is 1. The van der Waals surface area contributed by atoms with Crippen molar-refractivity contribution in [2.75, 3.05) is 0 Å². The van der Waals surface area contributed by atoms with E-state index >= 15 is 0 Å². The van der Waals surface area contributed by atoms with Crippen LogP contribution in [0.4, 0.5) is 0 Å². The maximum atomic E-state index is 11.2. The number of carbonyl (C=O) groups excluding carboxylic acids is 1. The van der Waals surface area contributed by atoms with Gasteiger partial charge in [-0.2, -0.15) is 5.10 Å². The van der Waals surface area contributed by atoms with E-state index in [9.17, 15) is 4.79 Å². The number of nitrogens with zero attached hydrogens (tertiary/aromatic N) is 5. The van der Waals surface area contributed by atoms with Gasteiger partial charge in [-0.1, -0.05) is 0 Å². The Morgan fingerprint density at radius 1 is 1.24 bits per heavy atom. The molecule has 0 aliphatic rings. The number of hydrogen-bond acceptors (Lipinski definition) is 4. The Labute approximate surface area is 118 Å². The van der Waals surface area contributed by atoms with Gasteiger partial charge < -0.3 is 10.1 Å². The number of nitrogens with two attached hydrogens (primary N) is 1. The molecular formula is C14H10N6O. The van der Waals surface area contributed by atoms with Crippen LogP contribution in [0.3, 0.4) is 0 Å². The third-order valence-electron chi connectivity index (χ3n) is 3.29. The third-order valence-corrected chi connectivity index (χ3v) is 3.29. The first kappa shape index (κ1) is 11.6. The van der Waals surface area contributed by atoms with E-state index in [2.05, 4.69) is 15.1 Å². The molecule has 7 nitrogen and oxygen atoms in total. The summed E-state index contributed by atoms with van der Waals surface area (Å²) in [5.74, 6) is -0.468. The first-order valence-corrected chi connectivity index (χ1v) is 6.30. The fraction of sp³-hybridized carbons (Fsp3) is 0. The van der Waals surface area contributed by atoms with Crippen LogP contribution in [0, 0.1) is 0 Å². The summed E-state index contributed by atoms with van der Waals surface area (Å²) in [6.45, 7) is 0. The number of primary amides is 1. The fourth-order valence-electron chi connectivity index (χ4n) is 2.28. The molecule has 0 aromatic carbocycles. The highest BCUT2D eigenvalue weighted by Gasteiger charge is 2.12. The van der Waals surface area contributed by atoms with Crippen LogP contribution in [-0.2, 0) is 0 Å². The van der Waals surface area contributed by atoms with Gasteiger partial charge in [0.2, 0.25) is 5.91 Å². The van der Waals surface area contributed by atoms with Gasteiger partial charge in [0, 0.05) is 24.8 Å². The van der Waals surface area contributed by atoms with Gasteiger partial charge in [0.1, 0.15) is 5.65 Å². The van der Waals surface area contributed by atoms with Crippen LogP contribution >= 0.6 is 0 Å². The molecule has 0 spiro atoms. The summed E-state index contributed by atoms with van der Waals surface area (Å²) in [5.41, 5.74) is 8.75. The second-order valence-corrected chi connectivity index (χ2v) is 4.62. The minimum atomic E-state index is -0.468. The SMILES string of the molecule is NC(=O)c1ccc2nc(-c3cnn4cccnc34)cn2c1. The number of imidazole rings is 1. The Kier molecular flexibility index (Phi) is 2.28. The van der Waals surface area contributed by atoms with Crippen molar-refractivity contribution in [2.24, 2.45) is 5.73 Å². The van der Waals surface area contributed by atoms with Crippen molar-refractivity contribution in [1.29, 1.82) is 0 Å². The minimum Gasteiger partial charge on any atom is -0.366 e. The lowest BCUT2D eigenvalue weighted by molar-refractivity contribution is 0.1000. The molecule has 4 aromatic rings. The van der Waals surface area contributed by atoms with Gasteiger partial charge >= 0.3 is 0 Å². The normalized spacial score (nSPS) is 11.2. The molecule has 0 bridgehead atoms. The van der Waals surface area contributed by atoms with Gasteiger partial charge in [0.05, 0.1) is 23.0 Å². The molecule has 0 unspecified atom stereocenters. The molecule has 0 atom stereocenters. The number of fused-ring (bicyclic) bond motifs is 2. The Bertz CT molecular complexity index is 983. The average molecular weight is 278 g/mol. The molecule has 0 saturated carbocycles. The summed E-state index contributed by atoms with van der Waals surface area (Å²) in [5, 5.41) is 4.24. The van der Waals surface area contributed by atoms with Crippen molar-refractivity contribution < 1.29 is 4.79 Å². The molecule has 21 heavy (non-hydrogen) atoms. The highest BCUT2D eigenvalue weighted by molar-refractivity contribution is 5.92. The van der Waals surface area contributed by atoms with Crippen LogP contribution in [-0.4, -0.2) is 29.9 Å². The van der Waals surface area contributed by atoms with Crippen LogP contribution in [0.2, 0.25) is 0 Å². The highest BCUT2D eigenvalue weighted by atomic mass is 16.1. The molecular weight excluding hydrogens is 268 g/mol. The predicted octanol–water partition coefficient (Wildman–Crippen LogP) is 1.14. The first-order chi connectivity index (χ1) is 10.2. The van der Waals surface area contributed by atoms with E-state index < -0.39 is 5.91 Å². The van der Waals surface area contributed by atoms with E-state index in [-0.39, 0.29) is 0 Å². The van der Waals surface area contributed by atoms with E-state index in [4.69, 9.17) is 5.73 Å². The summed E-state index contributed by atoms with van der Waals surface area (Å²) in [7, 11) is 0. The quantitative estimate of drug-likeness (QED) is 0.595. The second kappa shape index (κ2) is 4.14. The molecule has 4 rings (SSSR count). The summed E-state index contributed by atoms with van der Waals surface area (Å²) < 4.78 is 3.45. The monoisotopic (exact) mass is 278 g/mol. The molecule has 4 aromatic heterocycles. The lowest BCUT2D eigenvalue weighted by atomic mass is 10.2. The molecule has 0 aliphatic carbocycles. The van der Waals surface area contributed by atoms with Gasteiger partial charge in [0.25, 0.3) is 0 Å². The molecule has 0 fully saturated rings. The molecule has 2 N–H and O–H groups in total. The van der Waals surface area contributed by atoms with Crippen LogP contribution in [0.15, 0.2) is 49.2 Å². The zero-order valence-corrected chi connectivity index (χ0v) is 10.8. The van der Waals surface area contributed by atoms with Gasteiger partial charge in [-0.15, -0.1) is 0 Å². The standard InChI is InChI=1S/C14H10N6O/c15-13(21)9-2-3-12-18-11(8-19(12)7-9)10-6-17-20-5-1-4-16-14(10)20/h1-8H,(H2,15,21). The average Bonchev–Trinajstić information content (AvgIpc) is 3.09. The maximum absolute atomic E-state index is 11.2. The second-order valence-electron chi connectivity index (χ2n) is 4.62. The summed E-state index contributed by atoms with van der Waals surface area (Å²) in [4.78, 5) is 20.1. The highest BCUT2D eigenvalue weighted by Crippen LogP contribution is 2.22. The van der Waals surface area contributed by atoms with Crippen molar-refractivity contribution in [3.05, 3.63) is 54.7 Å². The van der Waals surface area contributed by atoms with E-state index in [1.165, 1.54) is 0 Å². The van der Waals surface area contributed by atoms with Crippen molar-refractivity contribution in [2.45, 2.75) is 0 Å². The Hall–Kier alpha value is -3.22.